The number of thiocarbonyl (C=S) groups is 1. The van der Waals surface area contributed by atoms with E-state index in [4.69, 9.17) is 18.0 Å². The van der Waals surface area contributed by atoms with Crippen LogP contribution in [0, 0.1) is 6.92 Å². The SMILES string of the molecule is CCc1cccc(Nc2nccc(C)c2C(N)=S)c1. The summed E-state index contributed by atoms with van der Waals surface area (Å²) in [7, 11) is 0. The lowest BCUT2D eigenvalue weighted by atomic mass is 10.1. The van der Waals surface area contributed by atoms with Crippen LogP contribution in [0.3, 0.4) is 0 Å². The van der Waals surface area contributed by atoms with Crippen LogP contribution in [0.2, 0.25) is 0 Å². The molecule has 0 amide bonds. The number of benzene rings is 1. The molecule has 0 unspecified atom stereocenters. The van der Waals surface area contributed by atoms with Crippen molar-refractivity contribution in [3.8, 4) is 0 Å². The Morgan fingerprint density at radius 3 is 2.84 bits per heavy atom. The van der Waals surface area contributed by atoms with Gasteiger partial charge in [-0.1, -0.05) is 31.3 Å². The Hall–Kier alpha value is -1.94. The fourth-order valence-corrected chi connectivity index (χ4v) is 2.23. The zero-order valence-corrected chi connectivity index (χ0v) is 11.9. The van der Waals surface area contributed by atoms with E-state index in [1.54, 1.807) is 6.20 Å². The van der Waals surface area contributed by atoms with Gasteiger partial charge in [0.25, 0.3) is 0 Å². The molecule has 0 aliphatic rings. The van der Waals surface area contributed by atoms with E-state index < -0.39 is 0 Å². The second-order valence-electron chi connectivity index (χ2n) is 4.39. The molecular formula is C15H17N3S. The van der Waals surface area contributed by atoms with E-state index in [9.17, 15) is 0 Å². The summed E-state index contributed by atoms with van der Waals surface area (Å²) < 4.78 is 0. The maximum atomic E-state index is 5.78. The first kappa shape index (κ1) is 13.5. The monoisotopic (exact) mass is 271 g/mol. The molecule has 0 spiro atoms. The molecule has 0 radical (unpaired) electrons. The molecule has 3 nitrogen and oxygen atoms in total. The van der Waals surface area contributed by atoms with Gasteiger partial charge in [0.05, 0.1) is 5.56 Å². The van der Waals surface area contributed by atoms with E-state index in [2.05, 4.69) is 29.4 Å². The third-order valence-corrected chi connectivity index (χ3v) is 3.21. The number of hydrogen-bond donors (Lipinski definition) is 2. The third kappa shape index (κ3) is 3.09. The summed E-state index contributed by atoms with van der Waals surface area (Å²) in [6, 6.07) is 10.1. The predicted molar refractivity (Wildman–Crippen MR) is 84.0 cm³/mol. The van der Waals surface area contributed by atoms with Crippen molar-refractivity contribution in [1.29, 1.82) is 0 Å². The molecule has 3 N–H and O–H groups in total. The van der Waals surface area contributed by atoms with Crippen molar-refractivity contribution in [1.82, 2.24) is 4.98 Å². The zero-order chi connectivity index (χ0) is 13.8. The molecule has 0 fully saturated rings. The summed E-state index contributed by atoms with van der Waals surface area (Å²) in [6.07, 6.45) is 2.75. The Bertz CT molecular complexity index is 608. The largest absolute Gasteiger partial charge is 0.389 e. The molecule has 1 heterocycles. The molecule has 0 saturated carbocycles. The van der Waals surface area contributed by atoms with Crippen LogP contribution < -0.4 is 11.1 Å². The standard InChI is InChI=1S/C15H17N3S/c1-3-11-5-4-6-12(9-11)18-15-13(14(16)19)10(2)7-8-17-15/h4-9H,3H2,1-2H3,(H2,16,19)(H,17,18). The Balaban J connectivity index is 2.38. The van der Waals surface area contributed by atoms with Crippen molar-refractivity contribution in [2.24, 2.45) is 5.73 Å². The highest BCUT2D eigenvalue weighted by atomic mass is 32.1. The molecule has 0 atom stereocenters. The minimum absolute atomic E-state index is 0.361. The van der Waals surface area contributed by atoms with Crippen LogP contribution in [-0.4, -0.2) is 9.97 Å². The van der Waals surface area contributed by atoms with Gasteiger partial charge in [-0.3, -0.25) is 0 Å². The van der Waals surface area contributed by atoms with Crippen molar-refractivity contribution in [3.05, 3.63) is 53.2 Å². The van der Waals surface area contributed by atoms with Crippen LogP contribution in [0.15, 0.2) is 36.5 Å². The Morgan fingerprint density at radius 1 is 1.37 bits per heavy atom. The van der Waals surface area contributed by atoms with Crippen molar-refractivity contribution in [2.45, 2.75) is 20.3 Å². The molecule has 0 saturated heterocycles. The van der Waals surface area contributed by atoms with Crippen LogP contribution >= 0.6 is 12.2 Å². The molecule has 19 heavy (non-hydrogen) atoms. The average Bonchev–Trinajstić information content (AvgIpc) is 2.38. The number of anilines is 2. The van der Waals surface area contributed by atoms with E-state index in [1.165, 1.54) is 5.56 Å². The minimum atomic E-state index is 0.361. The average molecular weight is 271 g/mol. The molecule has 98 valence electrons. The second-order valence-corrected chi connectivity index (χ2v) is 4.83. The third-order valence-electron chi connectivity index (χ3n) is 3.00. The molecule has 0 aliphatic carbocycles. The smallest absolute Gasteiger partial charge is 0.140 e. The lowest BCUT2D eigenvalue weighted by Crippen LogP contribution is -2.14. The highest BCUT2D eigenvalue weighted by Gasteiger charge is 2.10. The summed E-state index contributed by atoms with van der Waals surface area (Å²) in [4.78, 5) is 4.69. The predicted octanol–water partition coefficient (Wildman–Crippen LogP) is 3.33. The fraction of sp³-hybridized carbons (Fsp3) is 0.200. The maximum Gasteiger partial charge on any atom is 0.140 e. The van der Waals surface area contributed by atoms with Gasteiger partial charge in [0, 0.05) is 11.9 Å². The van der Waals surface area contributed by atoms with Crippen molar-refractivity contribution >= 4 is 28.7 Å². The zero-order valence-electron chi connectivity index (χ0n) is 11.1. The first-order chi connectivity index (χ1) is 9.11. The highest BCUT2D eigenvalue weighted by molar-refractivity contribution is 7.80. The second kappa shape index (κ2) is 5.80. The lowest BCUT2D eigenvalue weighted by molar-refractivity contribution is 1.14. The first-order valence-corrected chi connectivity index (χ1v) is 6.64. The van der Waals surface area contributed by atoms with Crippen molar-refractivity contribution in [2.75, 3.05) is 5.32 Å². The minimum Gasteiger partial charge on any atom is -0.389 e. The van der Waals surface area contributed by atoms with Gasteiger partial charge < -0.3 is 11.1 Å². The molecule has 0 bridgehead atoms. The van der Waals surface area contributed by atoms with E-state index in [0.29, 0.717) is 10.8 Å². The molecule has 1 aromatic heterocycles. The van der Waals surface area contributed by atoms with Crippen molar-refractivity contribution in [3.63, 3.8) is 0 Å². The van der Waals surface area contributed by atoms with Gasteiger partial charge in [-0.25, -0.2) is 4.98 Å². The van der Waals surface area contributed by atoms with Gasteiger partial charge in [0.15, 0.2) is 0 Å². The number of nitrogens with one attached hydrogen (secondary N) is 1. The maximum absolute atomic E-state index is 5.78. The fourth-order valence-electron chi connectivity index (χ4n) is 1.97. The Kier molecular flexibility index (Phi) is 4.12. The summed E-state index contributed by atoms with van der Waals surface area (Å²) in [6.45, 7) is 4.11. The van der Waals surface area contributed by atoms with Crippen LogP contribution in [0.4, 0.5) is 11.5 Å². The summed E-state index contributed by atoms with van der Waals surface area (Å²) >= 11 is 5.10. The van der Waals surface area contributed by atoms with Gasteiger partial charge >= 0.3 is 0 Å². The number of aromatic nitrogens is 1. The van der Waals surface area contributed by atoms with Gasteiger partial charge in [0.1, 0.15) is 10.8 Å². The number of rotatable bonds is 4. The van der Waals surface area contributed by atoms with E-state index in [-0.39, 0.29) is 0 Å². The van der Waals surface area contributed by atoms with E-state index in [1.807, 2.05) is 25.1 Å². The molecule has 1 aromatic carbocycles. The topological polar surface area (TPSA) is 50.9 Å². The van der Waals surface area contributed by atoms with Crippen LogP contribution in [-0.2, 0) is 6.42 Å². The van der Waals surface area contributed by atoms with Crippen LogP contribution in [0.1, 0.15) is 23.6 Å². The van der Waals surface area contributed by atoms with Crippen molar-refractivity contribution < 1.29 is 0 Å². The normalized spacial score (nSPS) is 10.2. The number of pyridine rings is 1. The number of nitrogens with two attached hydrogens (primary N) is 1. The van der Waals surface area contributed by atoms with Gasteiger partial charge in [-0.2, -0.15) is 0 Å². The lowest BCUT2D eigenvalue weighted by Gasteiger charge is -2.12. The van der Waals surface area contributed by atoms with Crippen LogP contribution in [0.5, 0.6) is 0 Å². The first-order valence-electron chi connectivity index (χ1n) is 6.23. The molecule has 2 rings (SSSR count). The number of hydrogen-bond acceptors (Lipinski definition) is 3. The number of aryl methyl sites for hydroxylation is 2. The highest BCUT2D eigenvalue weighted by Crippen LogP contribution is 2.22. The molecule has 4 heteroatoms. The summed E-state index contributed by atoms with van der Waals surface area (Å²) in [5.41, 5.74) is 9.87. The summed E-state index contributed by atoms with van der Waals surface area (Å²) in [5.74, 6) is 0.709. The van der Waals surface area contributed by atoms with Gasteiger partial charge in [0.2, 0.25) is 0 Å². The van der Waals surface area contributed by atoms with Crippen LogP contribution in [0.25, 0.3) is 0 Å². The Labute approximate surface area is 118 Å². The quantitative estimate of drug-likeness (QED) is 0.837. The molecule has 0 aliphatic heterocycles. The Morgan fingerprint density at radius 2 is 2.16 bits per heavy atom. The summed E-state index contributed by atoms with van der Waals surface area (Å²) in [5, 5.41) is 3.29. The van der Waals surface area contributed by atoms with E-state index >= 15 is 0 Å². The van der Waals surface area contributed by atoms with Gasteiger partial charge in [-0.15, -0.1) is 0 Å². The molecular weight excluding hydrogens is 254 g/mol. The van der Waals surface area contributed by atoms with E-state index in [0.717, 1.165) is 23.2 Å². The number of nitrogens with zero attached hydrogens (tertiary/aromatic N) is 1. The molecule has 2 aromatic rings. The van der Waals surface area contributed by atoms with Gasteiger partial charge in [-0.05, 0) is 42.7 Å².